The van der Waals surface area contributed by atoms with Crippen LogP contribution in [0.3, 0.4) is 0 Å². The molecule has 90 valence electrons. The van der Waals surface area contributed by atoms with Crippen LogP contribution in [-0.2, 0) is 4.79 Å². The van der Waals surface area contributed by atoms with Gasteiger partial charge in [-0.3, -0.25) is 9.69 Å². The van der Waals surface area contributed by atoms with Gasteiger partial charge in [-0.25, -0.2) is 0 Å². The standard InChI is InChI=1S/C13H21NO2/c1-10-2-4-13(5-3-10,11(15)16)14-8-12(9-14)6-7-12/h10H,2-9H2,1H3,(H,15,16). The molecule has 0 unspecified atom stereocenters. The lowest BCUT2D eigenvalue weighted by molar-refractivity contribution is -0.163. The molecule has 0 aromatic heterocycles. The first-order valence-electron chi connectivity index (χ1n) is 6.55. The summed E-state index contributed by atoms with van der Waals surface area (Å²) in [5, 5.41) is 9.56. The molecule has 1 saturated heterocycles. The molecule has 1 aliphatic heterocycles. The average Bonchev–Trinajstić information content (AvgIpc) is 2.97. The van der Waals surface area contributed by atoms with E-state index in [0.717, 1.165) is 38.8 Å². The van der Waals surface area contributed by atoms with Crippen molar-refractivity contribution in [3.05, 3.63) is 0 Å². The maximum atomic E-state index is 11.6. The first kappa shape index (κ1) is 10.6. The molecule has 0 atom stereocenters. The first-order valence-corrected chi connectivity index (χ1v) is 6.55. The van der Waals surface area contributed by atoms with Crippen molar-refractivity contribution in [1.82, 2.24) is 4.90 Å². The van der Waals surface area contributed by atoms with Crippen LogP contribution in [0.2, 0.25) is 0 Å². The number of aliphatic carboxylic acids is 1. The van der Waals surface area contributed by atoms with E-state index in [-0.39, 0.29) is 0 Å². The highest BCUT2D eigenvalue weighted by Crippen LogP contribution is 2.56. The van der Waals surface area contributed by atoms with Gasteiger partial charge in [0.15, 0.2) is 0 Å². The van der Waals surface area contributed by atoms with E-state index in [0.29, 0.717) is 11.3 Å². The predicted octanol–water partition coefficient (Wildman–Crippen LogP) is 2.12. The molecule has 3 fully saturated rings. The third kappa shape index (κ3) is 1.41. The van der Waals surface area contributed by atoms with Gasteiger partial charge in [0.2, 0.25) is 0 Å². The summed E-state index contributed by atoms with van der Waals surface area (Å²) in [4.78, 5) is 13.9. The summed E-state index contributed by atoms with van der Waals surface area (Å²) in [5.41, 5.74) is 0.0614. The Morgan fingerprint density at radius 2 is 1.75 bits per heavy atom. The maximum Gasteiger partial charge on any atom is 0.324 e. The van der Waals surface area contributed by atoms with Crippen molar-refractivity contribution in [2.24, 2.45) is 11.3 Å². The Balaban J connectivity index is 1.73. The van der Waals surface area contributed by atoms with Crippen LogP contribution < -0.4 is 0 Å². The zero-order valence-electron chi connectivity index (χ0n) is 10.0. The molecule has 0 aromatic carbocycles. The van der Waals surface area contributed by atoms with Gasteiger partial charge in [-0.1, -0.05) is 6.92 Å². The molecule has 1 spiro atoms. The van der Waals surface area contributed by atoms with Crippen LogP contribution in [0.25, 0.3) is 0 Å². The minimum absolute atomic E-state index is 0.500. The number of carbonyl (C=O) groups is 1. The minimum atomic E-state index is -0.574. The summed E-state index contributed by atoms with van der Waals surface area (Å²) in [6.07, 6.45) is 6.54. The lowest BCUT2D eigenvalue weighted by Gasteiger charge is -2.53. The Hall–Kier alpha value is -0.570. The number of likely N-dealkylation sites (tertiary alicyclic amines) is 1. The maximum absolute atomic E-state index is 11.6. The third-order valence-corrected chi connectivity index (χ3v) is 5.11. The number of nitrogens with zero attached hydrogens (tertiary/aromatic N) is 1. The van der Waals surface area contributed by atoms with E-state index in [1.807, 2.05) is 0 Å². The molecule has 0 amide bonds. The number of rotatable bonds is 2. The van der Waals surface area contributed by atoms with Crippen molar-refractivity contribution in [3.63, 3.8) is 0 Å². The molecule has 3 rings (SSSR count). The van der Waals surface area contributed by atoms with E-state index in [2.05, 4.69) is 11.8 Å². The third-order valence-electron chi connectivity index (χ3n) is 5.11. The molecule has 1 N–H and O–H groups in total. The quantitative estimate of drug-likeness (QED) is 0.779. The number of hydrogen-bond donors (Lipinski definition) is 1. The van der Waals surface area contributed by atoms with Gasteiger partial charge < -0.3 is 5.11 Å². The smallest absolute Gasteiger partial charge is 0.324 e. The summed E-state index contributed by atoms with van der Waals surface area (Å²) in [6.45, 7) is 4.34. The highest BCUT2D eigenvalue weighted by Gasteiger charge is 2.60. The second-order valence-corrected chi connectivity index (χ2v) is 6.38. The Bertz CT molecular complexity index is 306. The van der Waals surface area contributed by atoms with Gasteiger partial charge in [0.1, 0.15) is 5.54 Å². The lowest BCUT2D eigenvalue weighted by Crippen LogP contribution is -2.65. The van der Waals surface area contributed by atoms with E-state index in [1.165, 1.54) is 12.8 Å². The van der Waals surface area contributed by atoms with Gasteiger partial charge in [-0.05, 0) is 49.9 Å². The van der Waals surface area contributed by atoms with Crippen LogP contribution in [0.15, 0.2) is 0 Å². The lowest BCUT2D eigenvalue weighted by atomic mass is 9.73. The molecule has 1 heterocycles. The second kappa shape index (κ2) is 3.22. The van der Waals surface area contributed by atoms with Crippen LogP contribution in [-0.4, -0.2) is 34.6 Å². The molecule has 0 radical (unpaired) electrons. The molecule has 0 aromatic rings. The second-order valence-electron chi connectivity index (χ2n) is 6.38. The zero-order chi connectivity index (χ0) is 11.4. The summed E-state index contributed by atoms with van der Waals surface area (Å²) in [5.74, 6) is 0.138. The molecule has 16 heavy (non-hydrogen) atoms. The normalized spacial score (nSPS) is 41.7. The van der Waals surface area contributed by atoms with Gasteiger partial charge >= 0.3 is 5.97 Å². The Morgan fingerprint density at radius 1 is 1.19 bits per heavy atom. The summed E-state index contributed by atoms with van der Waals surface area (Å²) >= 11 is 0. The Kier molecular flexibility index (Phi) is 2.13. The highest BCUT2D eigenvalue weighted by molar-refractivity contribution is 5.79. The van der Waals surface area contributed by atoms with Gasteiger partial charge in [0.05, 0.1) is 0 Å². The van der Waals surface area contributed by atoms with Crippen molar-refractivity contribution < 1.29 is 9.90 Å². The van der Waals surface area contributed by atoms with Gasteiger partial charge in [0.25, 0.3) is 0 Å². The average molecular weight is 223 g/mol. The van der Waals surface area contributed by atoms with Crippen LogP contribution in [0.1, 0.15) is 45.4 Å². The summed E-state index contributed by atoms with van der Waals surface area (Å²) < 4.78 is 0. The number of carboxylic acid groups (broad SMARTS) is 1. The van der Waals surface area contributed by atoms with E-state index in [9.17, 15) is 9.90 Å². The number of hydrogen-bond acceptors (Lipinski definition) is 2. The monoisotopic (exact) mass is 223 g/mol. The molecule has 2 aliphatic carbocycles. The van der Waals surface area contributed by atoms with Crippen molar-refractivity contribution in [1.29, 1.82) is 0 Å². The molecule has 2 saturated carbocycles. The summed E-state index contributed by atoms with van der Waals surface area (Å²) in [7, 11) is 0. The van der Waals surface area contributed by atoms with Gasteiger partial charge in [-0.15, -0.1) is 0 Å². The fraction of sp³-hybridized carbons (Fsp3) is 0.923. The van der Waals surface area contributed by atoms with E-state index < -0.39 is 11.5 Å². The van der Waals surface area contributed by atoms with Crippen LogP contribution in [0.4, 0.5) is 0 Å². The first-order chi connectivity index (χ1) is 7.56. The van der Waals surface area contributed by atoms with Crippen LogP contribution in [0.5, 0.6) is 0 Å². The van der Waals surface area contributed by atoms with E-state index >= 15 is 0 Å². The minimum Gasteiger partial charge on any atom is -0.480 e. The van der Waals surface area contributed by atoms with Crippen LogP contribution >= 0.6 is 0 Å². The molecule has 3 heteroatoms. The molecule has 0 bridgehead atoms. The molecular formula is C13H21NO2. The molecular weight excluding hydrogens is 202 g/mol. The van der Waals surface area contributed by atoms with Crippen LogP contribution in [0, 0.1) is 11.3 Å². The fourth-order valence-corrected chi connectivity index (χ4v) is 3.46. The highest BCUT2D eigenvalue weighted by atomic mass is 16.4. The van der Waals surface area contributed by atoms with Crippen molar-refractivity contribution in [2.45, 2.75) is 51.0 Å². The van der Waals surface area contributed by atoms with Gasteiger partial charge in [-0.2, -0.15) is 0 Å². The topological polar surface area (TPSA) is 40.5 Å². The van der Waals surface area contributed by atoms with Crippen molar-refractivity contribution in [3.8, 4) is 0 Å². The summed E-state index contributed by atoms with van der Waals surface area (Å²) in [6, 6.07) is 0. The molecule has 3 nitrogen and oxygen atoms in total. The number of carboxylic acids is 1. The fourth-order valence-electron chi connectivity index (χ4n) is 3.46. The van der Waals surface area contributed by atoms with E-state index in [1.54, 1.807) is 0 Å². The molecule has 3 aliphatic rings. The Labute approximate surface area is 96.8 Å². The van der Waals surface area contributed by atoms with Crippen molar-refractivity contribution >= 4 is 5.97 Å². The van der Waals surface area contributed by atoms with E-state index in [4.69, 9.17) is 0 Å². The predicted molar refractivity (Wildman–Crippen MR) is 61.2 cm³/mol. The zero-order valence-corrected chi connectivity index (χ0v) is 10.0. The Morgan fingerprint density at radius 3 is 2.19 bits per heavy atom. The van der Waals surface area contributed by atoms with Crippen molar-refractivity contribution in [2.75, 3.05) is 13.1 Å². The largest absolute Gasteiger partial charge is 0.480 e. The van der Waals surface area contributed by atoms with Gasteiger partial charge in [0, 0.05) is 13.1 Å². The SMILES string of the molecule is CC1CCC(C(=O)O)(N2CC3(CC3)C2)CC1.